The molecule has 0 bridgehead atoms. The van der Waals surface area contributed by atoms with Crippen molar-refractivity contribution in [1.82, 2.24) is 14.9 Å². The highest BCUT2D eigenvalue weighted by Crippen LogP contribution is 2.33. The molecule has 4 heteroatoms. The lowest BCUT2D eigenvalue weighted by Gasteiger charge is -2.30. The van der Waals surface area contributed by atoms with E-state index in [0.717, 1.165) is 51.6 Å². The van der Waals surface area contributed by atoms with Crippen LogP contribution in [0.5, 0.6) is 0 Å². The third kappa shape index (κ3) is 2.77. The van der Waals surface area contributed by atoms with Gasteiger partial charge in [-0.15, -0.1) is 0 Å². The molecule has 0 unspecified atom stereocenters. The lowest BCUT2D eigenvalue weighted by molar-refractivity contribution is 0.109. The summed E-state index contributed by atoms with van der Waals surface area (Å²) < 4.78 is 2.54. The van der Waals surface area contributed by atoms with Crippen LogP contribution in [0.3, 0.4) is 0 Å². The molecular formula is C16H27N3O. The Bertz CT molecular complexity index is 459. The van der Waals surface area contributed by atoms with Gasteiger partial charge in [0.1, 0.15) is 5.82 Å². The molecule has 20 heavy (non-hydrogen) atoms. The molecule has 1 fully saturated rings. The highest BCUT2D eigenvalue weighted by Gasteiger charge is 2.28. The molecule has 2 N–H and O–H groups in total. The van der Waals surface area contributed by atoms with Gasteiger partial charge < -0.3 is 15.0 Å². The Kier molecular flexibility index (Phi) is 4.13. The zero-order chi connectivity index (χ0) is 14.1. The number of imidazole rings is 1. The molecule has 0 saturated heterocycles. The van der Waals surface area contributed by atoms with E-state index in [2.05, 4.69) is 23.7 Å². The second-order valence-corrected chi connectivity index (χ2v) is 6.78. The van der Waals surface area contributed by atoms with Crippen molar-refractivity contribution in [3.8, 4) is 0 Å². The largest absolute Gasteiger partial charge is 0.393 e. The normalized spacial score (nSPS) is 26.8. The van der Waals surface area contributed by atoms with Crippen molar-refractivity contribution >= 4 is 0 Å². The zero-order valence-electron chi connectivity index (χ0n) is 12.7. The van der Waals surface area contributed by atoms with Crippen LogP contribution in [0.2, 0.25) is 0 Å². The summed E-state index contributed by atoms with van der Waals surface area (Å²) in [4.78, 5) is 4.92. The average Bonchev–Trinajstić information content (AvgIpc) is 2.77. The van der Waals surface area contributed by atoms with Gasteiger partial charge in [0.25, 0.3) is 0 Å². The number of nitrogens with zero attached hydrogens (tertiary/aromatic N) is 2. The number of aliphatic hydroxyl groups is 1. The maximum absolute atomic E-state index is 9.74. The van der Waals surface area contributed by atoms with Gasteiger partial charge in [-0.2, -0.15) is 0 Å². The molecule has 1 aromatic rings. The minimum Gasteiger partial charge on any atom is -0.393 e. The van der Waals surface area contributed by atoms with Crippen molar-refractivity contribution in [3.63, 3.8) is 0 Å². The van der Waals surface area contributed by atoms with Crippen LogP contribution in [0.15, 0.2) is 0 Å². The SMILES string of the molecule is CC(C)Cc1nc2c(n1C1CCC(O)CC1)CCNC2. The van der Waals surface area contributed by atoms with Crippen LogP contribution in [-0.4, -0.2) is 27.3 Å². The van der Waals surface area contributed by atoms with Crippen LogP contribution >= 0.6 is 0 Å². The van der Waals surface area contributed by atoms with Crippen LogP contribution in [0.4, 0.5) is 0 Å². The number of fused-ring (bicyclic) bond motifs is 1. The fourth-order valence-corrected chi connectivity index (χ4v) is 3.65. The first-order chi connectivity index (χ1) is 9.65. The van der Waals surface area contributed by atoms with E-state index in [1.807, 2.05) is 0 Å². The lowest BCUT2D eigenvalue weighted by Crippen LogP contribution is -2.28. The summed E-state index contributed by atoms with van der Waals surface area (Å²) in [6.07, 6.45) is 6.16. The lowest BCUT2D eigenvalue weighted by atomic mass is 9.92. The van der Waals surface area contributed by atoms with Crippen LogP contribution in [0.1, 0.15) is 62.8 Å². The molecule has 1 aliphatic heterocycles. The van der Waals surface area contributed by atoms with Crippen molar-refractivity contribution in [2.45, 2.75) is 71.1 Å². The summed E-state index contributed by atoms with van der Waals surface area (Å²) in [5, 5.41) is 13.2. The number of aliphatic hydroxyl groups excluding tert-OH is 1. The van der Waals surface area contributed by atoms with Gasteiger partial charge in [0.15, 0.2) is 0 Å². The summed E-state index contributed by atoms with van der Waals surface area (Å²) in [6.45, 7) is 6.51. The fraction of sp³-hybridized carbons (Fsp3) is 0.812. The molecule has 1 saturated carbocycles. The van der Waals surface area contributed by atoms with E-state index in [4.69, 9.17) is 4.98 Å². The van der Waals surface area contributed by atoms with E-state index in [-0.39, 0.29) is 6.10 Å². The molecule has 0 atom stereocenters. The standard InChI is InChI=1S/C16H27N3O/c1-11(2)9-16-18-14-10-17-8-7-15(14)19(16)12-3-5-13(20)6-4-12/h11-13,17,20H,3-10H2,1-2H3. The van der Waals surface area contributed by atoms with Gasteiger partial charge >= 0.3 is 0 Å². The van der Waals surface area contributed by atoms with Gasteiger partial charge in [0.05, 0.1) is 11.8 Å². The summed E-state index contributed by atoms with van der Waals surface area (Å²) >= 11 is 0. The molecule has 0 spiro atoms. The molecule has 4 nitrogen and oxygen atoms in total. The van der Waals surface area contributed by atoms with E-state index < -0.39 is 0 Å². The predicted octanol–water partition coefficient (Wildman–Crippen LogP) is 2.20. The molecule has 3 rings (SSSR count). The van der Waals surface area contributed by atoms with Gasteiger partial charge in [-0.1, -0.05) is 13.8 Å². The highest BCUT2D eigenvalue weighted by atomic mass is 16.3. The van der Waals surface area contributed by atoms with Gasteiger partial charge in [-0.05, 0) is 31.6 Å². The van der Waals surface area contributed by atoms with Crippen molar-refractivity contribution in [1.29, 1.82) is 0 Å². The molecule has 0 aromatic carbocycles. The monoisotopic (exact) mass is 277 g/mol. The fourth-order valence-electron chi connectivity index (χ4n) is 3.65. The Labute approximate surface area is 121 Å². The quantitative estimate of drug-likeness (QED) is 0.890. The van der Waals surface area contributed by atoms with E-state index in [1.165, 1.54) is 17.2 Å². The third-order valence-corrected chi connectivity index (χ3v) is 4.62. The summed E-state index contributed by atoms with van der Waals surface area (Å²) in [7, 11) is 0. The first-order valence-electron chi connectivity index (χ1n) is 8.12. The topological polar surface area (TPSA) is 50.1 Å². The minimum atomic E-state index is -0.0826. The Morgan fingerprint density at radius 1 is 1.30 bits per heavy atom. The number of aromatic nitrogens is 2. The van der Waals surface area contributed by atoms with Gasteiger partial charge in [-0.3, -0.25) is 0 Å². The zero-order valence-corrected chi connectivity index (χ0v) is 12.7. The number of hydrogen-bond donors (Lipinski definition) is 2. The predicted molar refractivity (Wildman–Crippen MR) is 79.7 cm³/mol. The van der Waals surface area contributed by atoms with Crippen molar-refractivity contribution in [2.24, 2.45) is 5.92 Å². The second-order valence-electron chi connectivity index (χ2n) is 6.78. The highest BCUT2D eigenvalue weighted by molar-refractivity contribution is 5.22. The Morgan fingerprint density at radius 2 is 2.05 bits per heavy atom. The smallest absolute Gasteiger partial charge is 0.109 e. The third-order valence-electron chi connectivity index (χ3n) is 4.62. The van der Waals surface area contributed by atoms with E-state index >= 15 is 0 Å². The average molecular weight is 277 g/mol. The van der Waals surface area contributed by atoms with E-state index in [0.29, 0.717) is 12.0 Å². The molecule has 0 radical (unpaired) electrons. The summed E-state index contributed by atoms with van der Waals surface area (Å²) in [5.74, 6) is 1.91. The Hall–Kier alpha value is -0.870. The van der Waals surface area contributed by atoms with Gasteiger partial charge in [-0.25, -0.2) is 4.98 Å². The molecule has 1 aromatic heterocycles. The maximum Gasteiger partial charge on any atom is 0.109 e. The van der Waals surface area contributed by atoms with Crippen molar-refractivity contribution < 1.29 is 5.11 Å². The molecule has 0 amide bonds. The Morgan fingerprint density at radius 3 is 2.75 bits per heavy atom. The van der Waals surface area contributed by atoms with Crippen LogP contribution < -0.4 is 5.32 Å². The van der Waals surface area contributed by atoms with Crippen LogP contribution in [-0.2, 0) is 19.4 Å². The Balaban J connectivity index is 1.91. The van der Waals surface area contributed by atoms with Crippen molar-refractivity contribution in [3.05, 3.63) is 17.2 Å². The number of rotatable bonds is 3. The minimum absolute atomic E-state index is 0.0826. The van der Waals surface area contributed by atoms with E-state index in [9.17, 15) is 5.11 Å². The number of nitrogens with one attached hydrogen (secondary N) is 1. The summed E-state index contributed by atoms with van der Waals surface area (Å²) in [6, 6.07) is 0.557. The van der Waals surface area contributed by atoms with Gasteiger partial charge in [0.2, 0.25) is 0 Å². The van der Waals surface area contributed by atoms with Gasteiger partial charge in [0, 0.05) is 37.7 Å². The van der Waals surface area contributed by atoms with Crippen LogP contribution in [0.25, 0.3) is 0 Å². The molecular weight excluding hydrogens is 250 g/mol. The van der Waals surface area contributed by atoms with Crippen molar-refractivity contribution in [2.75, 3.05) is 6.54 Å². The molecule has 2 aliphatic rings. The first-order valence-corrected chi connectivity index (χ1v) is 8.12. The number of hydrogen-bond acceptors (Lipinski definition) is 3. The molecule has 112 valence electrons. The van der Waals surface area contributed by atoms with E-state index in [1.54, 1.807) is 0 Å². The summed E-state index contributed by atoms with van der Waals surface area (Å²) in [5.41, 5.74) is 2.72. The molecule has 2 heterocycles. The van der Waals surface area contributed by atoms with Crippen LogP contribution in [0, 0.1) is 5.92 Å². The first kappa shape index (κ1) is 14.1. The molecule has 1 aliphatic carbocycles. The second kappa shape index (κ2) is 5.86. The maximum atomic E-state index is 9.74.